The summed E-state index contributed by atoms with van der Waals surface area (Å²) in [5.41, 5.74) is 0.643. The molecule has 0 aliphatic rings. The van der Waals surface area contributed by atoms with Gasteiger partial charge in [-0.1, -0.05) is 0 Å². The molecule has 2 heterocycles. The molecule has 0 spiro atoms. The van der Waals surface area contributed by atoms with Gasteiger partial charge in [-0.15, -0.1) is 11.3 Å². The third-order valence-corrected chi connectivity index (χ3v) is 4.95. The lowest BCUT2D eigenvalue weighted by Crippen LogP contribution is -2.17. The zero-order valence-electron chi connectivity index (χ0n) is 10.9. The smallest absolute Gasteiger partial charge is 0.267 e. The molecule has 0 fully saturated rings. The molecular weight excluding hydrogens is 286 g/mol. The van der Waals surface area contributed by atoms with Crippen molar-refractivity contribution >= 4 is 26.5 Å². The molecular formula is C11H15N3O3S2. The highest BCUT2D eigenvalue weighted by molar-refractivity contribution is 7.93. The van der Waals surface area contributed by atoms with Crippen LogP contribution in [0.15, 0.2) is 20.9 Å². The first-order valence-corrected chi connectivity index (χ1v) is 7.97. The molecule has 0 aliphatic heterocycles. The average molecular weight is 301 g/mol. The van der Waals surface area contributed by atoms with E-state index in [-0.39, 0.29) is 4.90 Å². The molecule has 0 bridgehead atoms. The highest BCUT2D eigenvalue weighted by Gasteiger charge is 2.27. The highest BCUT2D eigenvalue weighted by Crippen LogP contribution is 2.28. The number of hydrogen-bond acceptors (Lipinski definition) is 6. The van der Waals surface area contributed by atoms with Crippen LogP contribution in [0.4, 0.5) is 5.13 Å². The molecule has 0 unspecified atom stereocenters. The SMILES string of the molecule is CNCc1c(C)oc(C)c1S(=O)(=O)Nc1nccs1. The maximum atomic E-state index is 12.4. The minimum Gasteiger partial charge on any atom is -0.465 e. The molecule has 8 heteroatoms. The number of nitrogens with one attached hydrogen (secondary N) is 2. The average Bonchev–Trinajstić information content (AvgIpc) is 2.88. The molecule has 0 atom stereocenters. The van der Waals surface area contributed by atoms with Crippen LogP contribution in [0.5, 0.6) is 0 Å². The summed E-state index contributed by atoms with van der Waals surface area (Å²) in [6.07, 6.45) is 1.55. The maximum Gasteiger partial charge on any atom is 0.267 e. The predicted molar refractivity (Wildman–Crippen MR) is 73.9 cm³/mol. The second-order valence-corrected chi connectivity index (χ2v) is 6.51. The van der Waals surface area contributed by atoms with Crippen LogP contribution in [0, 0.1) is 13.8 Å². The van der Waals surface area contributed by atoms with E-state index < -0.39 is 10.0 Å². The molecule has 2 aromatic rings. The van der Waals surface area contributed by atoms with Crippen LogP contribution in [0.3, 0.4) is 0 Å². The molecule has 0 aromatic carbocycles. The first-order valence-electron chi connectivity index (χ1n) is 5.61. The third-order valence-electron chi connectivity index (χ3n) is 2.60. The molecule has 2 aromatic heterocycles. The second-order valence-electron chi connectivity index (χ2n) is 4.00. The van der Waals surface area contributed by atoms with Crippen LogP contribution in [0.2, 0.25) is 0 Å². The monoisotopic (exact) mass is 301 g/mol. The number of furan rings is 1. The Morgan fingerprint density at radius 1 is 1.37 bits per heavy atom. The Morgan fingerprint density at radius 3 is 2.68 bits per heavy atom. The molecule has 19 heavy (non-hydrogen) atoms. The number of aromatic nitrogens is 1. The summed E-state index contributed by atoms with van der Waals surface area (Å²) in [6.45, 7) is 3.82. The van der Waals surface area contributed by atoms with E-state index in [9.17, 15) is 8.42 Å². The number of thiazole rings is 1. The molecule has 0 amide bonds. The Bertz CT molecular complexity index is 660. The molecule has 0 saturated carbocycles. The lowest BCUT2D eigenvalue weighted by Gasteiger charge is -2.07. The van der Waals surface area contributed by atoms with Gasteiger partial charge in [0, 0.05) is 23.7 Å². The minimum absolute atomic E-state index is 0.189. The summed E-state index contributed by atoms with van der Waals surface area (Å²) in [5.74, 6) is 0.984. The van der Waals surface area contributed by atoms with Crippen molar-refractivity contribution in [3.63, 3.8) is 0 Å². The van der Waals surface area contributed by atoms with Crippen molar-refractivity contribution in [2.75, 3.05) is 11.8 Å². The first kappa shape index (κ1) is 14.0. The number of aryl methyl sites for hydroxylation is 2. The Balaban J connectivity index is 2.45. The molecule has 0 radical (unpaired) electrons. The molecule has 104 valence electrons. The number of hydrogen-bond donors (Lipinski definition) is 2. The van der Waals surface area contributed by atoms with Crippen molar-refractivity contribution < 1.29 is 12.8 Å². The van der Waals surface area contributed by atoms with Crippen molar-refractivity contribution in [1.82, 2.24) is 10.3 Å². The summed E-state index contributed by atoms with van der Waals surface area (Å²) in [7, 11) is -1.93. The van der Waals surface area contributed by atoms with Crippen LogP contribution >= 0.6 is 11.3 Å². The number of rotatable bonds is 5. The number of nitrogens with zero attached hydrogens (tertiary/aromatic N) is 1. The van der Waals surface area contributed by atoms with Crippen LogP contribution in [-0.4, -0.2) is 20.4 Å². The predicted octanol–water partition coefficient (Wildman–Crippen LogP) is 1.87. The van der Waals surface area contributed by atoms with Gasteiger partial charge in [-0.05, 0) is 20.9 Å². The van der Waals surface area contributed by atoms with Gasteiger partial charge in [0.25, 0.3) is 10.0 Å². The summed E-state index contributed by atoms with van der Waals surface area (Å²) in [6, 6.07) is 0. The minimum atomic E-state index is -3.68. The van der Waals surface area contributed by atoms with E-state index >= 15 is 0 Å². The highest BCUT2D eigenvalue weighted by atomic mass is 32.2. The fourth-order valence-electron chi connectivity index (χ4n) is 1.88. The van der Waals surface area contributed by atoms with Gasteiger partial charge in [0.15, 0.2) is 5.13 Å². The molecule has 2 N–H and O–H groups in total. The maximum absolute atomic E-state index is 12.4. The van der Waals surface area contributed by atoms with E-state index in [1.807, 2.05) is 0 Å². The van der Waals surface area contributed by atoms with Gasteiger partial charge in [0.2, 0.25) is 0 Å². The van der Waals surface area contributed by atoms with Gasteiger partial charge in [0.1, 0.15) is 16.4 Å². The van der Waals surface area contributed by atoms with E-state index in [4.69, 9.17) is 4.42 Å². The summed E-state index contributed by atoms with van der Waals surface area (Å²) >= 11 is 1.23. The van der Waals surface area contributed by atoms with E-state index in [1.54, 1.807) is 32.5 Å². The Hall–Kier alpha value is -1.38. The first-order chi connectivity index (χ1) is 8.95. The number of anilines is 1. The fourth-order valence-corrected chi connectivity index (χ4v) is 4.12. The van der Waals surface area contributed by atoms with E-state index in [0.717, 1.165) is 0 Å². The van der Waals surface area contributed by atoms with Crippen molar-refractivity contribution in [1.29, 1.82) is 0 Å². The van der Waals surface area contributed by atoms with Crippen LogP contribution in [0.25, 0.3) is 0 Å². The van der Waals surface area contributed by atoms with Crippen LogP contribution in [-0.2, 0) is 16.6 Å². The lowest BCUT2D eigenvalue weighted by molar-refractivity contribution is 0.494. The van der Waals surface area contributed by atoms with Crippen molar-refractivity contribution in [3.8, 4) is 0 Å². The zero-order valence-corrected chi connectivity index (χ0v) is 12.5. The van der Waals surface area contributed by atoms with Gasteiger partial charge in [0.05, 0.1) is 0 Å². The standard InChI is InChI=1S/C11H15N3O3S2/c1-7-9(6-12-3)10(8(2)17-7)19(15,16)14-11-13-4-5-18-11/h4-5,12H,6H2,1-3H3,(H,13,14). The summed E-state index contributed by atoms with van der Waals surface area (Å²) in [5, 5.41) is 4.99. The lowest BCUT2D eigenvalue weighted by atomic mass is 10.2. The second kappa shape index (κ2) is 5.32. The zero-order chi connectivity index (χ0) is 14.0. The van der Waals surface area contributed by atoms with Gasteiger partial charge in [-0.3, -0.25) is 4.72 Å². The Labute approximate surface area is 115 Å². The largest absolute Gasteiger partial charge is 0.465 e. The van der Waals surface area contributed by atoms with Crippen molar-refractivity contribution in [2.24, 2.45) is 0 Å². The molecule has 0 saturated heterocycles. The van der Waals surface area contributed by atoms with E-state index in [0.29, 0.717) is 28.8 Å². The third kappa shape index (κ3) is 2.80. The number of sulfonamides is 1. The molecule has 2 rings (SSSR count). The molecule has 6 nitrogen and oxygen atoms in total. The summed E-state index contributed by atoms with van der Waals surface area (Å²) in [4.78, 5) is 4.11. The molecule has 0 aliphatic carbocycles. The Morgan fingerprint density at radius 2 is 2.11 bits per heavy atom. The van der Waals surface area contributed by atoms with E-state index in [1.165, 1.54) is 11.3 Å². The van der Waals surface area contributed by atoms with Crippen molar-refractivity contribution in [2.45, 2.75) is 25.3 Å². The van der Waals surface area contributed by atoms with Gasteiger partial charge in [-0.2, -0.15) is 0 Å². The fraction of sp³-hybridized carbons (Fsp3) is 0.364. The van der Waals surface area contributed by atoms with Gasteiger partial charge in [-0.25, -0.2) is 13.4 Å². The van der Waals surface area contributed by atoms with Crippen molar-refractivity contribution in [3.05, 3.63) is 28.7 Å². The van der Waals surface area contributed by atoms with Gasteiger partial charge >= 0.3 is 0 Å². The van der Waals surface area contributed by atoms with Crippen LogP contribution in [0.1, 0.15) is 17.1 Å². The summed E-state index contributed by atoms with van der Waals surface area (Å²) < 4.78 is 32.7. The topological polar surface area (TPSA) is 84.2 Å². The van der Waals surface area contributed by atoms with Crippen LogP contribution < -0.4 is 10.0 Å². The normalized spacial score (nSPS) is 11.7. The van der Waals surface area contributed by atoms with E-state index in [2.05, 4.69) is 15.0 Å². The van der Waals surface area contributed by atoms with Gasteiger partial charge < -0.3 is 9.73 Å². The quantitative estimate of drug-likeness (QED) is 0.881. The Kier molecular flexibility index (Phi) is 3.93.